The van der Waals surface area contributed by atoms with E-state index in [4.69, 9.17) is 9.15 Å². The summed E-state index contributed by atoms with van der Waals surface area (Å²) in [6, 6.07) is 8.36. The first-order chi connectivity index (χ1) is 19.7. The summed E-state index contributed by atoms with van der Waals surface area (Å²) in [5.41, 5.74) is 1.14. The minimum Gasteiger partial charge on any atom is -0.446 e. The van der Waals surface area contributed by atoms with E-state index < -0.39 is 29.8 Å². The molecule has 0 unspecified atom stereocenters. The number of nitrogens with one attached hydrogen (secondary N) is 3. The molecule has 3 aromatic rings. The third kappa shape index (κ3) is 7.98. The number of carbonyl (C=O) groups is 4. The minimum atomic E-state index is -0.678. The van der Waals surface area contributed by atoms with Gasteiger partial charge in [-0.25, -0.2) is 9.97 Å². The molecule has 0 saturated carbocycles. The predicted molar refractivity (Wildman–Crippen MR) is 150 cm³/mol. The van der Waals surface area contributed by atoms with Gasteiger partial charge in [-0.15, -0.1) is 11.3 Å². The van der Waals surface area contributed by atoms with Gasteiger partial charge in [0.1, 0.15) is 29.6 Å². The number of hydrogen-bond donors (Lipinski definition) is 3. The molecule has 0 spiro atoms. The maximum absolute atomic E-state index is 13.3. The van der Waals surface area contributed by atoms with Gasteiger partial charge < -0.3 is 30.0 Å². The van der Waals surface area contributed by atoms with Crippen LogP contribution in [-0.4, -0.2) is 71.3 Å². The van der Waals surface area contributed by atoms with Gasteiger partial charge in [-0.1, -0.05) is 44.2 Å². The summed E-state index contributed by atoms with van der Waals surface area (Å²) in [5, 5.41) is 10.8. The summed E-state index contributed by atoms with van der Waals surface area (Å²) in [6.07, 6.45) is 1.59. The van der Waals surface area contributed by atoms with Crippen LogP contribution >= 0.6 is 11.3 Å². The molecule has 4 rings (SSSR count). The first-order valence-corrected chi connectivity index (χ1v) is 14.3. The number of ether oxygens (including phenoxy) is 1. The van der Waals surface area contributed by atoms with E-state index >= 15 is 0 Å². The molecule has 4 amide bonds. The number of amides is 4. The molecule has 2 aromatic heterocycles. The molecule has 0 aliphatic carbocycles. The van der Waals surface area contributed by atoms with E-state index in [1.807, 2.05) is 44.2 Å². The average molecular weight is 583 g/mol. The fourth-order valence-electron chi connectivity index (χ4n) is 4.24. The highest BCUT2D eigenvalue weighted by Gasteiger charge is 2.28. The van der Waals surface area contributed by atoms with Crippen LogP contribution in [0, 0.1) is 5.92 Å². The molecule has 218 valence electrons. The van der Waals surface area contributed by atoms with Crippen molar-refractivity contribution in [1.29, 1.82) is 0 Å². The molecule has 13 heteroatoms. The Bertz CT molecular complexity index is 1360. The Kier molecular flexibility index (Phi) is 10.2. The van der Waals surface area contributed by atoms with Crippen molar-refractivity contribution in [3.05, 3.63) is 69.8 Å². The predicted octanol–water partition coefficient (Wildman–Crippen LogP) is 2.27. The number of benzene rings is 1. The summed E-state index contributed by atoms with van der Waals surface area (Å²) < 4.78 is 10.9. The topological polar surface area (TPSA) is 156 Å². The van der Waals surface area contributed by atoms with Gasteiger partial charge in [-0.05, 0) is 18.4 Å². The van der Waals surface area contributed by atoms with Gasteiger partial charge >= 0.3 is 0 Å². The lowest BCUT2D eigenvalue weighted by Gasteiger charge is -2.25. The van der Waals surface area contributed by atoms with Crippen molar-refractivity contribution in [3.63, 3.8) is 0 Å². The van der Waals surface area contributed by atoms with E-state index in [0.29, 0.717) is 18.0 Å². The van der Waals surface area contributed by atoms with E-state index in [2.05, 4.69) is 25.9 Å². The van der Waals surface area contributed by atoms with Crippen LogP contribution in [0.25, 0.3) is 0 Å². The second kappa shape index (κ2) is 14.0. The molecule has 4 bridgehead atoms. The zero-order chi connectivity index (χ0) is 29.4. The summed E-state index contributed by atoms with van der Waals surface area (Å²) in [6.45, 7) is 5.70. The van der Waals surface area contributed by atoms with Crippen LogP contribution in [0.4, 0.5) is 0 Å². The van der Waals surface area contributed by atoms with Gasteiger partial charge in [0.15, 0.2) is 5.69 Å². The highest BCUT2D eigenvalue weighted by molar-refractivity contribution is 7.09. The Morgan fingerprint density at radius 1 is 1.12 bits per heavy atom. The second-order valence-corrected chi connectivity index (χ2v) is 10.7. The van der Waals surface area contributed by atoms with Crippen LogP contribution in [0.2, 0.25) is 0 Å². The van der Waals surface area contributed by atoms with Crippen LogP contribution < -0.4 is 16.0 Å². The Labute approximate surface area is 241 Å². The number of carbonyl (C=O) groups excluding carboxylic acids is 4. The van der Waals surface area contributed by atoms with Gasteiger partial charge in [-0.3, -0.25) is 19.2 Å². The Balaban J connectivity index is 1.66. The molecule has 3 heterocycles. The van der Waals surface area contributed by atoms with Crippen molar-refractivity contribution in [3.8, 4) is 0 Å². The summed E-state index contributed by atoms with van der Waals surface area (Å²) in [4.78, 5) is 62.2. The molecule has 1 aliphatic rings. The third-order valence-corrected chi connectivity index (χ3v) is 7.36. The van der Waals surface area contributed by atoms with Crippen LogP contribution in [0.5, 0.6) is 0 Å². The fourth-order valence-corrected chi connectivity index (χ4v) is 5.26. The zero-order valence-electron chi connectivity index (χ0n) is 23.2. The molecule has 0 fully saturated rings. The smallest absolute Gasteiger partial charge is 0.273 e. The molecular weight excluding hydrogens is 548 g/mol. The summed E-state index contributed by atoms with van der Waals surface area (Å²) in [5.74, 6) is -1.62. The number of oxazole rings is 1. The Morgan fingerprint density at radius 3 is 2.63 bits per heavy atom. The lowest BCUT2D eigenvalue weighted by molar-refractivity contribution is -0.140. The van der Waals surface area contributed by atoms with Crippen molar-refractivity contribution < 1.29 is 28.3 Å². The van der Waals surface area contributed by atoms with Crippen LogP contribution in [0.3, 0.4) is 0 Å². The van der Waals surface area contributed by atoms with E-state index in [-0.39, 0.29) is 55.3 Å². The van der Waals surface area contributed by atoms with Gasteiger partial charge in [0.2, 0.25) is 17.7 Å². The number of rotatable bonds is 6. The standard InChI is InChI=1S/C28H34N6O6S/c1-4-39-15-23(36)34-11-10-29-25(37)20-14-40-27(31-20)19(12-18-8-6-5-7-9-18)30-26(38)21-16-41-28(32-21)24(17(2)3)33-22(35)13-34/h5-9,14,16-17,19,24H,4,10-13,15H2,1-3H3,(H,29,37)(H,30,38)(H,33,35)/t19-,24-/m0/s1. The number of nitrogens with zero attached hydrogens (tertiary/aromatic N) is 3. The summed E-state index contributed by atoms with van der Waals surface area (Å²) >= 11 is 1.26. The maximum Gasteiger partial charge on any atom is 0.273 e. The molecule has 3 N–H and O–H groups in total. The van der Waals surface area contributed by atoms with E-state index in [0.717, 1.165) is 5.56 Å². The molecule has 0 radical (unpaired) electrons. The van der Waals surface area contributed by atoms with Crippen molar-refractivity contribution in [2.75, 3.05) is 32.8 Å². The average Bonchev–Trinajstić information content (AvgIpc) is 3.64. The highest BCUT2D eigenvalue weighted by Crippen LogP contribution is 2.26. The van der Waals surface area contributed by atoms with E-state index in [1.165, 1.54) is 22.5 Å². The molecule has 2 atom stereocenters. The third-order valence-electron chi connectivity index (χ3n) is 6.43. The lowest BCUT2D eigenvalue weighted by Crippen LogP contribution is -2.46. The highest BCUT2D eigenvalue weighted by atomic mass is 32.1. The van der Waals surface area contributed by atoms with Gasteiger partial charge in [-0.2, -0.15) is 0 Å². The first kappa shape index (κ1) is 29.9. The monoisotopic (exact) mass is 582 g/mol. The van der Waals surface area contributed by atoms with Crippen molar-refractivity contribution >= 4 is 35.0 Å². The Hall–Kier alpha value is -4.10. The number of thiazole rings is 1. The van der Waals surface area contributed by atoms with Crippen molar-refractivity contribution in [1.82, 2.24) is 30.8 Å². The Morgan fingerprint density at radius 2 is 1.90 bits per heavy atom. The maximum atomic E-state index is 13.3. The van der Waals surface area contributed by atoms with Crippen LogP contribution in [0.15, 0.2) is 46.4 Å². The minimum absolute atomic E-state index is 0.0223. The van der Waals surface area contributed by atoms with Crippen LogP contribution in [0.1, 0.15) is 70.3 Å². The molecule has 41 heavy (non-hydrogen) atoms. The quantitative estimate of drug-likeness (QED) is 0.400. The molecule has 1 aromatic carbocycles. The van der Waals surface area contributed by atoms with E-state index in [1.54, 1.807) is 12.3 Å². The normalized spacial score (nSPS) is 18.7. The van der Waals surface area contributed by atoms with Gasteiger partial charge in [0.05, 0.1) is 12.6 Å². The number of hydrogen-bond acceptors (Lipinski definition) is 9. The van der Waals surface area contributed by atoms with Crippen molar-refractivity contribution in [2.24, 2.45) is 5.92 Å². The SMILES string of the molecule is CCOCC(=O)N1CCNC(=O)c2coc(n2)[C@H](Cc2ccccc2)NC(=O)c2csc(n2)[C@H](C(C)C)NC(=O)C1. The zero-order valence-corrected chi connectivity index (χ0v) is 24.0. The number of fused-ring (bicyclic) bond motifs is 4. The van der Waals surface area contributed by atoms with Crippen LogP contribution in [-0.2, 0) is 20.7 Å². The molecular formula is C28H34N6O6S. The summed E-state index contributed by atoms with van der Waals surface area (Å²) in [7, 11) is 0. The number of aromatic nitrogens is 2. The molecule has 0 saturated heterocycles. The largest absolute Gasteiger partial charge is 0.446 e. The molecule has 1 aliphatic heterocycles. The van der Waals surface area contributed by atoms with E-state index in [9.17, 15) is 19.2 Å². The first-order valence-electron chi connectivity index (χ1n) is 13.4. The fraction of sp³-hybridized carbons (Fsp3) is 0.429. The lowest BCUT2D eigenvalue weighted by atomic mass is 10.0. The molecule has 12 nitrogen and oxygen atoms in total. The second-order valence-electron chi connectivity index (χ2n) is 9.86. The van der Waals surface area contributed by atoms with Gasteiger partial charge in [0.25, 0.3) is 11.8 Å². The van der Waals surface area contributed by atoms with Crippen molar-refractivity contribution in [2.45, 2.75) is 39.3 Å². The van der Waals surface area contributed by atoms with Gasteiger partial charge in [0, 0.05) is 31.5 Å².